The number of benzene rings is 1. The fraction of sp³-hybridized carbons (Fsp3) is 0.414. The van der Waals surface area contributed by atoms with E-state index >= 15 is 0 Å². The van der Waals surface area contributed by atoms with Crippen LogP contribution < -0.4 is 5.32 Å². The number of nitrogens with one attached hydrogen (secondary N) is 1. The van der Waals surface area contributed by atoms with E-state index in [4.69, 9.17) is 5.10 Å². The Labute approximate surface area is 202 Å². The van der Waals surface area contributed by atoms with Crippen molar-refractivity contribution in [3.05, 3.63) is 95.9 Å². The number of aryl methyl sites for hydroxylation is 1. The Morgan fingerprint density at radius 3 is 2.33 bits per heavy atom. The van der Waals surface area contributed by atoms with Gasteiger partial charge in [-0.2, -0.15) is 5.10 Å². The lowest BCUT2D eigenvalue weighted by molar-refractivity contribution is 0.290. The Bertz CT molecular complexity index is 871. The molecule has 1 aromatic rings. The van der Waals surface area contributed by atoms with E-state index in [9.17, 15) is 0 Å². The van der Waals surface area contributed by atoms with Gasteiger partial charge in [-0.15, -0.1) is 0 Å². The van der Waals surface area contributed by atoms with Gasteiger partial charge >= 0.3 is 0 Å². The predicted molar refractivity (Wildman–Crippen MR) is 146 cm³/mol. The molecule has 4 nitrogen and oxygen atoms in total. The maximum Gasteiger partial charge on any atom is 0.134 e. The van der Waals surface area contributed by atoms with Gasteiger partial charge in [-0.05, 0) is 45.3 Å². The first kappa shape index (κ1) is 28.0. The van der Waals surface area contributed by atoms with Gasteiger partial charge in [0.2, 0.25) is 0 Å². The summed E-state index contributed by atoms with van der Waals surface area (Å²) in [6.45, 7) is 25.5. The average Bonchev–Trinajstić information content (AvgIpc) is 2.83. The number of rotatable bonds is 14. The largest absolute Gasteiger partial charge is 0.387 e. The second kappa shape index (κ2) is 14.9. The third kappa shape index (κ3) is 9.56. The summed E-state index contributed by atoms with van der Waals surface area (Å²) >= 11 is 0. The zero-order valence-corrected chi connectivity index (χ0v) is 21.7. The van der Waals surface area contributed by atoms with Crippen molar-refractivity contribution in [1.29, 1.82) is 0 Å². The van der Waals surface area contributed by atoms with Crippen molar-refractivity contribution in [2.75, 3.05) is 20.1 Å². The number of allylic oxidation sites excluding steroid dienone is 4. The van der Waals surface area contributed by atoms with Crippen molar-refractivity contribution in [3.8, 4) is 0 Å². The van der Waals surface area contributed by atoms with E-state index < -0.39 is 0 Å². The quantitative estimate of drug-likeness (QED) is 0.145. The van der Waals surface area contributed by atoms with Crippen LogP contribution in [0.5, 0.6) is 0 Å². The third-order valence-electron chi connectivity index (χ3n) is 5.61. The fourth-order valence-electron chi connectivity index (χ4n) is 3.26. The molecule has 0 aliphatic heterocycles. The minimum Gasteiger partial charge on any atom is -0.387 e. The van der Waals surface area contributed by atoms with E-state index in [1.807, 2.05) is 13.1 Å². The Morgan fingerprint density at radius 1 is 1.15 bits per heavy atom. The molecule has 0 atom stereocenters. The summed E-state index contributed by atoms with van der Waals surface area (Å²) in [5.41, 5.74) is 6.37. The van der Waals surface area contributed by atoms with E-state index in [-0.39, 0.29) is 0 Å². The lowest BCUT2D eigenvalue weighted by Crippen LogP contribution is -2.35. The smallest absolute Gasteiger partial charge is 0.134 e. The van der Waals surface area contributed by atoms with Crippen LogP contribution in [-0.4, -0.2) is 35.9 Å². The molecule has 0 aliphatic carbocycles. The Kier molecular flexibility index (Phi) is 12.7. The molecular weight excluding hydrogens is 404 g/mol. The predicted octanol–water partition coefficient (Wildman–Crippen LogP) is 6.95. The maximum atomic E-state index is 5.16. The van der Waals surface area contributed by atoms with Crippen LogP contribution in [0.15, 0.2) is 89.9 Å². The Balaban J connectivity index is 3.53. The molecule has 0 saturated heterocycles. The van der Waals surface area contributed by atoms with Gasteiger partial charge in [0.15, 0.2) is 0 Å². The van der Waals surface area contributed by atoms with Crippen molar-refractivity contribution in [2.45, 2.75) is 60.4 Å². The SMILES string of the molecule is C=C/C(C)=C\C(=C/C)C/C(=N/N(CC)CCCC)N(Cc1ccc(C)cc1)C(=C)C(=C)NC. The number of hydrogen-bond donors (Lipinski definition) is 1. The van der Waals surface area contributed by atoms with E-state index in [2.05, 4.69) is 106 Å². The molecule has 0 fully saturated rings. The minimum atomic E-state index is 0.672. The molecule has 0 radical (unpaired) electrons. The third-order valence-corrected chi connectivity index (χ3v) is 5.61. The summed E-state index contributed by atoms with van der Waals surface area (Å²) in [6.07, 6.45) is 9.13. The number of hydrogen-bond acceptors (Lipinski definition) is 3. The van der Waals surface area contributed by atoms with Crippen molar-refractivity contribution in [2.24, 2.45) is 5.10 Å². The molecule has 33 heavy (non-hydrogen) atoms. The summed E-state index contributed by atoms with van der Waals surface area (Å²) < 4.78 is 0. The summed E-state index contributed by atoms with van der Waals surface area (Å²) in [5.74, 6) is 0.955. The van der Waals surface area contributed by atoms with E-state index in [0.717, 1.165) is 48.7 Å². The van der Waals surface area contributed by atoms with Crippen LogP contribution in [-0.2, 0) is 6.54 Å². The maximum absolute atomic E-state index is 5.16. The molecule has 0 aliphatic rings. The first-order chi connectivity index (χ1) is 15.8. The minimum absolute atomic E-state index is 0.672. The molecule has 0 saturated carbocycles. The molecule has 0 heterocycles. The van der Waals surface area contributed by atoms with E-state index in [1.165, 1.54) is 16.7 Å². The van der Waals surface area contributed by atoms with Crippen LogP contribution in [0.25, 0.3) is 0 Å². The summed E-state index contributed by atoms with van der Waals surface area (Å²) in [4.78, 5) is 2.19. The molecule has 4 heteroatoms. The zero-order chi connectivity index (χ0) is 24.8. The Hall–Kier alpha value is -3.01. The van der Waals surface area contributed by atoms with Gasteiger partial charge in [-0.3, -0.25) is 5.01 Å². The highest BCUT2D eigenvalue weighted by atomic mass is 15.5. The van der Waals surface area contributed by atoms with Crippen LogP contribution >= 0.6 is 0 Å². The normalized spacial score (nSPS) is 12.4. The zero-order valence-electron chi connectivity index (χ0n) is 21.7. The fourth-order valence-corrected chi connectivity index (χ4v) is 3.26. The molecule has 180 valence electrons. The topological polar surface area (TPSA) is 30.9 Å². The first-order valence-electron chi connectivity index (χ1n) is 12.0. The van der Waals surface area contributed by atoms with Crippen LogP contribution in [0.1, 0.15) is 58.1 Å². The highest BCUT2D eigenvalue weighted by Gasteiger charge is 2.19. The number of amidine groups is 1. The van der Waals surface area contributed by atoms with E-state index in [0.29, 0.717) is 13.0 Å². The van der Waals surface area contributed by atoms with Crippen LogP contribution in [0.4, 0.5) is 0 Å². The Morgan fingerprint density at radius 2 is 1.82 bits per heavy atom. The molecule has 1 aromatic carbocycles. The molecule has 0 unspecified atom stereocenters. The first-order valence-corrected chi connectivity index (χ1v) is 12.0. The van der Waals surface area contributed by atoms with Gasteiger partial charge in [-0.1, -0.05) is 86.7 Å². The second-order valence-electron chi connectivity index (χ2n) is 8.30. The van der Waals surface area contributed by atoms with Crippen molar-refractivity contribution < 1.29 is 0 Å². The second-order valence-corrected chi connectivity index (χ2v) is 8.30. The summed E-state index contributed by atoms with van der Waals surface area (Å²) in [7, 11) is 1.88. The van der Waals surface area contributed by atoms with Crippen molar-refractivity contribution in [1.82, 2.24) is 15.2 Å². The van der Waals surface area contributed by atoms with Gasteiger partial charge in [0, 0.05) is 38.8 Å². The van der Waals surface area contributed by atoms with Crippen molar-refractivity contribution >= 4 is 5.84 Å². The molecular formula is C29H44N4. The number of hydrazone groups is 1. The van der Waals surface area contributed by atoms with Crippen LogP contribution in [0.3, 0.4) is 0 Å². The highest BCUT2D eigenvalue weighted by molar-refractivity contribution is 5.87. The van der Waals surface area contributed by atoms with Gasteiger partial charge in [0.05, 0.1) is 5.70 Å². The van der Waals surface area contributed by atoms with E-state index in [1.54, 1.807) is 0 Å². The summed E-state index contributed by atoms with van der Waals surface area (Å²) in [6, 6.07) is 8.63. The average molecular weight is 449 g/mol. The monoisotopic (exact) mass is 448 g/mol. The standard InChI is InChI=1S/C29H44N4/c1-10-14-19-32(13-4)31-29(21-27(12-3)20-23(5)11-2)33(26(8)25(7)30-9)22-28-17-15-24(6)16-18-28/h11-12,15-18,20,30H,2,7-8,10,13-14,19,21-22H2,1,3-6,9H3/b23-20-,27-12+,31-29-. The number of likely N-dealkylation sites (N-methyl/N-ethyl adjacent to an activating group) is 1. The molecule has 0 spiro atoms. The van der Waals surface area contributed by atoms with Crippen molar-refractivity contribution in [3.63, 3.8) is 0 Å². The van der Waals surface area contributed by atoms with Gasteiger partial charge in [-0.25, -0.2) is 0 Å². The highest BCUT2D eigenvalue weighted by Crippen LogP contribution is 2.21. The lowest BCUT2D eigenvalue weighted by atomic mass is 10.1. The summed E-state index contributed by atoms with van der Waals surface area (Å²) in [5, 5.41) is 10.5. The molecule has 1 rings (SSSR count). The molecule has 0 bridgehead atoms. The number of unbranched alkanes of at least 4 members (excludes halogenated alkanes) is 1. The van der Waals surface area contributed by atoms with Gasteiger partial charge < -0.3 is 10.2 Å². The van der Waals surface area contributed by atoms with Crippen LogP contribution in [0.2, 0.25) is 0 Å². The molecule has 1 N–H and O–H groups in total. The lowest BCUT2D eigenvalue weighted by Gasteiger charge is -2.31. The molecule has 0 amide bonds. The number of nitrogens with zero attached hydrogens (tertiary/aromatic N) is 3. The van der Waals surface area contributed by atoms with Gasteiger partial charge in [0.25, 0.3) is 0 Å². The van der Waals surface area contributed by atoms with Gasteiger partial charge in [0.1, 0.15) is 5.84 Å². The molecule has 0 aromatic heterocycles. The van der Waals surface area contributed by atoms with Crippen LogP contribution in [0, 0.1) is 6.92 Å².